The first-order chi connectivity index (χ1) is 18.5. The van der Waals surface area contributed by atoms with E-state index in [1.165, 1.54) is 0 Å². The van der Waals surface area contributed by atoms with Gasteiger partial charge in [-0.1, -0.05) is 12.8 Å². The predicted molar refractivity (Wildman–Crippen MR) is 142 cm³/mol. The zero-order valence-electron chi connectivity index (χ0n) is 21.9. The number of hydrogen-bond donors (Lipinski definition) is 2. The third-order valence-electron chi connectivity index (χ3n) is 7.90. The highest BCUT2D eigenvalue weighted by Gasteiger charge is 2.39. The second-order valence-corrected chi connectivity index (χ2v) is 10.5. The summed E-state index contributed by atoms with van der Waals surface area (Å²) in [5.41, 5.74) is 2.17. The second kappa shape index (κ2) is 11.9. The number of amides is 3. The minimum absolute atomic E-state index is 0.0169. The van der Waals surface area contributed by atoms with Gasteiger partial charge in [-0.25, -0.2) is 0 Å². The van der Waals surface area contributed by atoms with E-state index in [-0.39, 0.29) is 54.9 Å². The molecule has 9 nitrogen and oxygen atoms in total. The number of pyridine rings is 1. The monoisotopic (exact) mass is 520 g/mol. The highest BCUT2D eigenvalue weighted by Crippen LogP contribution is 2.33. The summed E-state index contributed by atoms with van der Waals surface area (Å²) in [6.45, 7) is 0.838. The van der Waals surface area contributed by atoms with Crippen LogP contribution in [0.4, 0.5) is 5.69 Å². The fourth-order valence-electron chi connectivity index (χ4n) is 5.71. The maximum atomic E-state index is 13.4. The molecule has 3 aliphatic rings. The van der Waals surface area contributed by atoms with E-state index in [0.29, 0.717) is 30.0 Å². The Morgan fingerprint density at radius 2 is 1.87 bits per heavy atom. The number of nitrogens with zero attached hydrogens (tertiary/aromatic N) is 2. The molecular formula is C29H36N4O5. The Labute approximate surface area is 223 Å². The lowest BCUT2D eigenvalue weighted by molar-refractivity contribution is -0.134. The standard InChI is InChI=1S/C29H36N4O5/c1-33-24-8-7-22(17-27(34)31-15-12-19-10-13-30-14-11-19)38-26(24)18-37-25-9-6-21(16-23(25)29(33)36)32-28(35)20-4-2-3-5-20/h6,9-11,13-14,16,20,22,24,26H,2-5,7-8,12,15,17-18H2,1H3,(H,31,34)(H,32,35)/t22-,24-,26-/m0/s1. The van der Waals surface area contributed by atoms with Gasteiger partial charge in [-0.3, -0.25) is 19.4 Å². The van der Waals surface area contributed by atoms with E-state index in [2.05, 4.69) is 15.6 Å². The largest absolute Gasteiger partial charge is 0.490 e. The van der Waals surface area contributed by atoms with E-state index in [9.17, 15) is 14.4 Å². The number of likely N-dealkylation sites (N-methyl/N-ethyl adjacent to an activating group) is 1. The van der Waals surface area contributed by atoms with Crippen molar-refractivity contribution in [1.82, 2.24) is 15.2 Å². The first kappa shape index (κ1) is 26.2. The maximum Gasteiger partial charge on any atom is 0.257 e. The van der Waals surface area contributed by atoms with E-state index in [1.54, 1.807) is 42.5 Å². The first-order valence-corrected chi connectivity index (χ1v) is 13.6. The smallest absolute Gasteiger partial charge is 0.257 e. The fourth-order valence-corrected chi connectivity index (χ4v) is 5.71. The van der Waals surface area contributed by atoms with Crippen molar-refractivity contribution in [2.24, 2.45) is 5.92 Å². The van der Waals surface area contributed by atoms with E-state index in [1.807, 2.05) is 12.1 Å². The van der Waals surface area contributed by atoms with E-state index >= 15 is 0 Å². The highest BCUT2D eigenvalue weighted by atomic mass is 16.5. The normalized spacial score (nSPS) is 23.4. The molecule has 9 heteroatoms. The molecule has 1 saturated carbocycles. The van der Waals surface area contributed by atoms with Crippen LogP contribution in [0.5, 0.6) is 5.75 Å². The molecule has 38 heavy (non-hydrogen) atoms. The predicted octanol–water partition coefficient (Wildman–Crippen LogP) is 3.34. The molecular weight excluding hydrogens is 484 g/mol. The van der Waals surface area contributed by atoms with Crippen LogP contribution in [0.3, 0.4) is 0 Å². The van der Waals surface area contributed by atoms with Gasteiger partial charge >= 0.3 is 0 Å². The Balaban J connectivity index is 1.17. The van der Waals surface area contributed by atoms with Crippen LogP contribution in [-0.2, 0) is 20.7 Å². The summed E-state index contributed by atoms with van der Waals surface area (Å²) in [6, 6.07) is 8.95. The van der Waals surface area contributed by atoms with Crippen LogP contribution in [0.1, 0.15) is 60.9 Å². The molecule has 202 valence electrons. The number of carbonyl (C=O) groups excluding carboxylic acids is 3. The molecule has 1 saturated heterocycles. The molecule has 1 aromatic heterocycles. The maximum absolute atomic E-state index is 13.4. The molecule has 2 aliphatic heterocycles. The van der Waals surface area contributed by atoms with Crippen LogP contribution in [0.2, 0.25) is 0 Å². The van der Waals surface area contributed by atoms with Gasteiger partial charge in [0.05, 0.1) is 24.1 Å². The summed E-state index contributed by atoms with van der Waals surface area (Å²) in [5, 5.41) is 5.95. The van der Waals surface area contributed by atoms with Crippen LogP contribution in [0, 0.1) is 5.92 Å². The van der Waals surface area contributed by atoms with Crippen LogP contribution < -0.4 is 15.4 Å². The van der Waals surface area contributed by atoms with E-state index < -0.39 is 0 Å². The number of anilines is 1. The van der Waals surface area contributed by atoms with Gasteiger partial charge in [0, 0.05) is 37.6 Å². The van der Waals surface area contributed by atoms with Crippen LogP contribution in [0.25, 0.3) is 0 Å². The Bertz CT molecular complexity index is 1150. The van der Waals surface area contributed by atoms with Crippen molar-refractivity contribution in [2.45, 2.75) is 69.6 Å². The lowest BCUT2D eigenvalue weighted by Gasteiger charge is -2.42. The van der Waals surface area contributed by atoms with Crippen LogP contribution in [-0.4, -0.2) is 66.1 Å². The summed E-state index contributed by atoms with van der Waals surface area (Å²) >= 11 is 0. The van der Waals surface area contributed by atoms with Gasteiger partial charge in [0.1, 0.15) is 18.5 Å². The molecule has 0 unspecified atom stereocenters. The fraction of sp³-hybridized carbons (Fsp3) is 0.517. The summed E-state index contributed by atoms with van der Waals surface area (Å²) < 4.78 is 12.3. The first-order valence-electron chi connectivity index (χ1n) is 13.6. The van der Waals surface area contributed by atoms with Gasteiger partial charge < -0.3 is 25.0 Å². The molecule has 3 amide bonds. The Morgan fingerprint density at radius 1 is 1.08 bits per heavy atom. The lowest BCUT2D eigenvalue weighted by atomic mass is 9.94. The molecule has 2 N–H and O–H groups in total. The Hall–Kier alpha value is -3.46. The lowest BCUT2D eigenvalue weighted by Crippen LogP contribution is -2.54. The number of ether oxygens (including phenoxy) is 2. The number of carbonyl (C=O) groups is 3. The number of nitrogens with one attached hydrogen (secondary N) is 2. The molecule has 3 heterocycles. The third kappa shape index (κ3) is 6.15. The van der Waals surface area contributed by atoms with Gasteiger partial charge in [0.25, 0.3) is 5.91 Å². The molecule has 1 aliphatic carbocycles. The van der Waals surface area contributed by atoms with Gasteiger partial charge in [-0.2, -0.15) is 0 Å². The average molecular weight is 521 g/mol. The van der Waals surface area contributed by atoms with Crippen molar-refractivity contribution in [3.8, 4) is 5.75 Å². The second-order valence-electron chi connectivity index (χ2n) is 10.5. The Kier molecular flexibility index (Phi) is 8.22. The summed E-state index contributed by atoms with van der Waals surface area (Å²) in [5.74, 6) is 0.323. The van der Waals surface area contributed by atoms with Crippen LogP contribution in [0.15, 0.2) is 42.7 Å². The number of benzene rings is 1. The van der Waals surface area contributed by atoms with Gasteiger partial charge in [0.2, 0.25) is 11.8 Å². The number of hydrogen-bond acceptors (Lipinski definition) is 6. The molecule has 2 aromatic rings. The van der Waals surface area contributed by atoms with Crippen molar-refractivity contribution in [2.75, 3.05) is 25.5 Å². The van der Waals surface area contributed by atoms with Crippen molar-refractivity contribution in [3.05, 3.63) is 53.9 Å². The van der Waals surface area contributed by atoms with Crippen molar-refractivity contribution >= 4 is 23.4 Å². The van der Waals surface area contributed by atoms with E-state index in [4.69, 9.17) is 9.47 Å². The quantitative estimate of drug-likeness (QED) is 0.580. The Morgan fingerprint density at radius 3 is 2.66 bits per heavy atom. The number of rotatable bonds is 7. The summed E-state index contributed by atoms with van der Waals surface area (Å²) in [6.07, 6.45) is 9.36. The minimum atomic E-state index is -0.331. The molecule has 0 radical (unpaired) electrons. The van der Waals surface area contributed by atoms with Gasteiger partial charge in [0.15, 0.2) is 0 Å². The third-order valence-corrected chi connectivity index (χ3v) is 7.90. The molecule has 2 fully saturated rings. The van der Waals surface area contributed by atoms with Crippen molar-refractivity contribution in [3.63, 3.8) is 0 Å². The van der Waals surface area contributed by atoms with E-state index in [0.717, 1.165) is 44.1 Å². The molecule has 1 aromatic carbocycles. The van der Waals surface area contributed by atoms with Crippen LogP contribution >= 0.6 is 0 Å². The average Bonchev–Trinajstić information content (AvgIpc) is 3.47. The highest BCUT2D eigenvalue weighted by molar-refractivity contribution is 6.00. The SMILES string of the molecule is CN1C(=O)c2cc(NC(=O)C3CCCC3)ccc2OC[C@@H]2O[C@H](CC(=O)NCCc3ccncc3)CC[C@@H]21. The molecule has 0 spiro atoms. The van der Waals surface area contributed by atoms with Gasteiger partial charge in [-0.05, 0) is 68.0 Å². The van der Waals surface area contributed by atoms with Crippen molar-refractivity contribution < 1.29 is 23.9 Å². The summed E-state index contributed by atoms with van der Waals surface area (Å²) in [7, 11) is 1.79. The zero-order chi connectivity index (χ0) is 26.5. The topological polar surface area (TPSA) is 110 Å². The zero-order valence-corrected chi connectivity index (χ0v) is 21.9. The molecule has 5 rings (SSSR count). The molecule has 3 atom stereocenters. The van der Waals surface area contributed by atoms with Gasteiger partial charge in [-0.15, -0.1) is 0 Å². The number of aromatic nitrogens is 1. The minimum Gasteiger partial charge on any atom is -0.490 e. The number of fused-ring (bicyclic) bond motifs is 2. The molecule has 0 bridgehead atoms. The van der Waals surface area contributed by atoms with Crippen molar-refractivity contribution in [1.29, 1.82) is 0 Å². The summed E-state index contributed by atoms with van der Waals surface area (Å²) in [4.78, 5) is 44.3.